The molecule has 20 heavy (non-hydrogen) atoms. The molecule has 0 aliphatic heterocycles. The fraction of sp³-hybridized carbons (Fsp3) is 0.556. The van der Waals surface area contributed by atoms with E-state index >= 15 is 0 Å². The SMILES string of the molecule is O=c1c(Cl)c(NCCC(F)(F)F)cnn1CC(F)(F)F. The average Bonchev–Trinajstić information content (AvgIpc) is 2.25. The number of alkyl halides is 6. The van der Waals surface area contributed by atoms with Crippen LogP contribution in [0.4, 0.5) is 32.0 Å². The highest BCUT2D eigenvalue weighted by Gasteiger charge is 2.30. The van der Waals surface area contributed by atoms with Crippen molar-refractivity contribution in [2.24, 2.45) is 0 Å². The lowest BCUT2D eigenvalue weighted by atomic mass is 10.4. The zero-order valence-corrected chi connectivity index (χ0v) is 10.4. The zero-order valence-electron chi connectivity index (χ0n) is 9.65. The summed E-state index contributed by atoms with van der Waals surface area (Å²) < 4.78 is 72.1. The van der Waals surface area contributed by atoms with Crippen LogP contribution in [0.1, 0.15) is 6.42 Å². The summed E-state index contributed by atoms with van der Waals surface area (Å²) in [6.07, 6.45) is -9.48. The van der Waals surface area contributed by atoms with Gasteiger partial charge in [0.15, 0.2) is 0 Å². The second-order valence-electron chi connectivity index (χ2n) is 3.74. The fourth-order valence-corrected chi connectivity index (χ4v) is 1.42. The number of anilines is 1. The van der Waals surface area contributed by atoms with E-state index in [0.717, 1.165) is 6.20 Å². The quantitative estimate of drug-likeness (QED) is 0.867. The molecule has 0 radical (unpaired) electrons. The van der Waals surface area contributed by atoms with Crippen LogP contribution in [0.5, 0.6) is 0 Å². The molecule has 0 fully saturated rings. The monoisotopic (exact) mass is 323 g/mol. The molecular weight excluding hydrogens is 316 g/mol. The number of halogens is 7. The molecule has 0 amide bonds. The summed E-state index contributed by atoms with van der Waals surface area (Å²) in [7, 11) is 0. The molecule has 0 unspecified atom stereocenters. The first-order valence-corrected chi connectivity index (χ1v) is 5.50. The Morgan fingerprint density at radius 1 is 1.20 bits per heavy atom. The standard InChI is InChI=1S/C9H8ClF6N3O/c10-6-5(17-2-1-8(11,12)13)3-18-19(7(6)20)4-9(14,15)16/h3,17H,1-2,4H2. The smallest absolute Gasteiger partial charge is 0.382 e. The van der Waals surface area contributed by atoms with Gasteiger partial charge in [-0.05, 0) is 0 Å². The topological polar surface area (TPSA) is 46.9 Å². The number of nitrogens with zero attached hydrogens (tertiary/aromatic N) is 2. The maximum absolute atomic E-state index is 12.1. The molecule has 4 nitrogen and oxygen atoms in total. The molecule has 1 rings (SSSR count). The molecule has 0 aromatic carbocycles. The molecule has 0 saturated heterocycles. The molecule has 0 spiro atoms. The minimum absolute atomic E-state index is 0.0806. The Morgan fingerprint density at radius 2 is 1.80 bits per heavy atom. The lowest BCUT2D eigenvalue weighted by molar-refractivity contribution is -0.143. The summed E-state index contributed by atoms with van der Waals surface area (Å²) in [6.45, 7) is -2.21. The average molecular weight is 324 g/mol. The predicted octanol–water partition coefficient (Wildman–Crippen LogP) is 2.82. The van der Waals surface area contributed by atoms with Gasteiger partial charge in [0.05, 0.1) is 18.3 Å². The number of hydrogen-bond donors (Lipinski definition) is 1. The number of aromatic nitrogens is 2. The molecule has 1 N–H and O–H groups in total. The number of rotatable bonds is 4. The minimum Gasteiger partial charge on any atom is -0.382 e. The highest BCUT2D eigenvalue weighted by Crippen LogP contribution is 2.22. The molecule has 0 atom stereocenters. The Balaban J connectivity index is 2.82. The van der Waals surface area contributed by atoms with Crippen molar-refractivity contribution in [3.05, 3.63) is 21.6 Å². The van der Waals surface area contributed by atoms with E-state index < -0.39 is 42.4 Å². The van der Waals surface area contributed by atoms with Crippen molar-refractivity contribution >= 4 is 17.3 Å². The largest absolute Gasteiger partial charge is 0.408 e. The number of nitrogens with one attached hydrogen (secondary N) is 1. The van der Waals surface area contributed by atoms with Crippen molar-refractivity contribution in [1.82, 2.24) is 9.78 Å². The number of hydrogen-bond acceptors (Lipinski definition) is 3. The first-order chi connectivity index (χ1) is 8.99. The van der Waals surface area contributed by atoms with Crippen LogP contribution < -0.4 is 10.9 Å². The van der Waals surface area contributed by atoms with Gasteiger partial charge in [-0.2, -0.15) is 31.4 Å². The van der Waals surface area contributed by atoms with Gasteiger partial charge in [0, 0.05) is 6.54 Å². The van der Waals surface area contributed by atoms with Gasteiger partial charge >= 0.3 is 12.4 Å². The van der Waals surface area contributed by atoms with Gasteiger partial charge in [0.1, 0.15) is 11.6 Å². The summed E-state index contributed by atoms with van der Waals surface area (Å²) in [5.74, 6) is 0. The van der Waals surface area contributed by atoms with E-state index in [4.69, 9.17) is 11.6 Å². The van der Waals surface area contributed by atoms with Crippen LogP contribution in [0.25, 0.3) is 0 Å². The van der Waals surface area contributed by atoms with Crippen LogP contribution in [0.2, 0.25) is 5.02 Å². The first-order valence-electron chi connectivity index (χ1n) is 5.12. The van der Waals surface area contributed by atoms with Crippen molar-refractivity contribution in [3.8, 4) is 0 Å². The molecule has 0 bridgehead atoms. The Labute approximate surface area is 113 Å². The minimum atomic E-state index is -4.66. The molecule has 0 aliphatic carbocycles. The normalized spacial score (nSPS) is 12.6. The van der Waals surface area contributed by atoms with Crippen molar-refractivity contribution < 1.29 is 26.3 Å². The van der Waals surface area contributed by atoms with E-state index in [-0.39, 0.29) is 10.4 Å². The van der Waals surface area contributed by atoms with Gasteiger partial charge in [0.25, 0.3) is 5.56 Å². The third kappa shape index (κ3) is 5.27. The van der Waals surface area contributed by atoms with E-state index in [0.29, 0.717) is 0 Å². The van der Waals surface area contributed by atoms with E-state index in [9.17, 15) is 31.1 Å². The van der Waals surface area contributed by atoms with Crippen LogP contribution in [-0.2, 0) is 6.54 Å². The van der Waals surface area contributed by atoms with Crippen LogP contribution in [0.3, 0.4) is 0 Å². The fourth-order valence-electron chi connectivity index (χ4n) is 1.21. The highest BCUT2D eigenvalue weighted by atomic mass is 35.5. The molecule has 114 valence electrons. The lowest BCUT2D eigenvalue weighted by Crippen LogP contribution is -2.31. The maximum atomic E-state index is 12.1. The highest BCUT2D eigenvalue weighted by molar-refractivity contribution is 6.32. The van der Waals surface area contributed by atoms with Crippen molar-refractivity contribution in [1.29, 1.82) is 0 Å². The van der Waals surface area contributed by atoms with E-state index in [1.165, 1.54) is 0 Å². The molecule has 1 heterocycles. The van der Waals surface area contributed by atoms with Crippen LogP contribution in [0, 0.1) is 0 Å². The van der Waals surface area contributed by atoms with Gasteiger partial charge in [-0.15, -0.1) is 0 Å². The Bertz CT molecular complexity index is 524. The van der Waals surface area contributed by atoms with Gasteiger partial charge in [-0.1, -0.05) is 11.6 Å². The predicted molar refractivity (Wildman–Crippen MR) is 58.7 cm³/mol. The summed E-state index contributed by atoms with van der Waals surface area (Å²) in [6, 6.07) is 0. The molecule has 1 aromatic rings. The first kappa shape index (κ1) is 16.6. The van der Waals surface area contributed by atoms with E-state index in [2.05, 4.69) is 10.4 Å². The van der Waals surface area contributed by atoms with Crippen LogP contribution in [-0.4, -0.2) is 28.7 Å². The summed E-state index contributed by atoms with van der Waals surface area (Å²) >= 11 is 5.49. The Hall–Kier alpha value is -1.45. The van der Waals surface area contributed by atoms with Crippen molar-refractivity contribution in [2.45, 2.75) is 25.3 Å². The van der Waals surface area contributed by atoms with Crippen molar-refractivity contribution in [3.63, 3.8) is 0 Å². The van der Waals surface area contributed by atoms with E-state index in [1.54, 1.807) is 0 Å². The molecule has 0 saturated carbocycles. The molecular formula is C9H8ClF6N3O. The van der Waals surface area contributed by atoms with Crippen molar-refractivity contribution in [2.75, 3.05) is 11.9 Å². The van der Waals surface area contributed by atoms with E-state index in [1.807, 2.05) is 0 Å². The molecule has 0 aliphatic rings. The Kier molecular flexibility index (Phi) is 4.90. The summed E-state index contributed by atoms with van der Waals surface area (Å²) in [5, 5.41) is 4.74. The maximum Gasteiger partial charge on any atom is 0.408 e. The second kappa shape index (κ2) is 5.90. The van der Waals surface area contributed by atoms with Gasteiger partial charge in [0.2, 0.25) is 0 Å². The summed E-state index contributed by atoms with van der Waals surface area (Å²) in [5.41, 5.74) is -1.49. The third-order valence-electron chi connectivity index (χ3n) is 2.04. The second-order valence-corrected chi connectivity index (χ2v) is 4.12. The zero-order chi connectivity index (χ0) is 15.6. The third-order valence-corrected chi connectivity index (χ3v) is 2.40. The lowest BCUT2D eigenvalue weighted by Gasteiger charge is -2.12. The summed E-state index contributed by atoms with van der Waals surface area (Å²) in [4.78, 5) is 11.4. The molecule has 1 aromatic heterocycles. The Morgan fingerprint density at radius 3 is 2.30 bits per heavy atom. The van der Waals surface area contributed by atoms with Gasteiger partial charge in [-0.3, -0.25) is 4.79 Å². The van der Waals surface area contributed by atoms with Crippen LogP contribution in [0.15, 0.2) is 11.0 Å². The molecule has 11 heteroatoms. The van der Waals surface area contributed by atoms with Crippen LogP contribution >= 0.6 is 11.6 Å². The van der Waals surface area contributed by atoms with Gasteiger partial charge < -0.3 is 5.32 Å². The van der Waals surface area contributed by atoms with Gasteiger partial charge in [-0.25, -0.2) is 4.68 Å².